The first-order chi connectivity index (χ1) is 9.79. The average Bonchev–Trinajstić information content (AvgIpc) is 2.51. The molecule has 0 aliphatic heterocycles. The van der Waals surface area contributed by atoms with Crippen LogP contribution in [0.1, 0.15) is 10.4 Å². The van der Waals surface area contributed by atoms with Gasteiger partial charge in [-0.2, -0.15) is 0 Å². The van der Waals surface area contributed by atoms with Crippen LogP contribution in [0.15, 0.2) is 54.6 Å². The highest BCUT2D eigenvalue weighted by molar-refractivity contribution is 6.26. The zero-order valence-electron chi connectivity index (χ0n) is 10.8. The lowest BCUT2D eigenvalue weighted by Crippen LogP contribution is -2.05. The van der Waals surface area contributed by atoms with Gasteiger partial charge in [0.25, 0.3) is 0 Å². The summed E-state index contributed by atoms with van der Waals surface area (Å²) in [6, 6.07) is 18.2. The Morgan fingerprint density at radius 3 is 2.10 bits per heavy atom. The van der Waals surface area contributed by atoms with Crippen molar-refractivity contribution in [3.63, 3.8) is 0 Å². The number of Topliss-reactive ketones (excluding diaryl/α,β-unsaturated/α-hetero) is 1. The molecule has 4 aromatic rings. The van der Waals surface area contributed by atoms with E-state index >= 15 is 0 Å². The summed E-state index contributed by atoms with van der Waals surface area (Å²) in [5.41, 5.74) is 0.596. The first-order valence-corrected chi connectivity index (χ1v) is 6.60. The Bertz CT molecular complexity index is 938. The standard InChI is InChI=1S/C18H12O2/c19-10-16(20)14-8-6-13-5-4-11-2-1-3-12-7-9-15(14)18(13)17(11)12/h1-9,19H,10H2. The van der Waals surface area contributed by atoms with Crippen molar-refractivity contribution in [2.45, 2.75) is 0 Å². The summed E-state index contributed by atoms with van der Waals surface area (Å²) in [7, 11) is 0. The Morgan fingerprint density at radius 2 is 1.40 bits per heavy atom. The molecule has 0 aliphatic carbocycles. The van der Waals surface area contributed by atoms with Crippen LogP contribution >= 0.6 is 0 Å². The summed E-state index contributed by atoms with van der Waals surface area (Å²) < 4.78 is 0. The molecule has 0 aliphatic rings. The number of benzene rings is 4. The Morgan fingerprint density at radius 1 is 0.800 bits per heavy atom. The fourth-order valence-electron chi connectivity index (χ4n) is 3.06. The molecule has 4 aromatic carbocycles. The van der Waals surface area contributed by atoms with Crippen LogP contribution in [0.4, 0.5) is 0 Å². The maximum absolute atomic E-state index is 11.9. The van der Waals surface area contributed by atoms with E-state index in [0.717, 1.165) is 16.2 Å². The molecule has 0 aromatic heterocycles. The van der Waals surface area contributed by atoms with Gasteiger partial charge in [0.1, 0.15) is 6.61 Å². The molecule has 4 rings (SSSR count). The van der Waals surface area contributed by atoms with Crippen molar-refractivity contribution in [1.82, 2.24) is 0 Å². The van der Waals surface area contributed by atoms with Crippen molar-refractivity contribution in [2.24, 2.45) is 0 Å². The van der Waals surface area contributed by atoms with Crippen molar-refractivity contribution in [1.29, 1.82) is 0 Å². The zero-order chi connectivity index (χ0) is 13.7. The third kappa shape index (κ3) is 1.40. The maximum Gasteiger partial charge on any atom is 0.188 e. The minimum atomic E-state index is -0.454. The number of hydrogen-bond donors (Lipinski definition) is 1. The number of ketones is 1. The lowest BCUT2D eigenvalue weighted by atomic mass is 9.91. The topological polar surface area (TPSA) is 37.3 Å². The van der Waals surface area contributed by atoms with Gasteiger partial charge >= 0.3 is 0 Å². The van der Waals surface area contributed by atoms with Gasteiger partial charge in [-0.15, -0.1) is 0 Å². The zero-order valence-corrected chi connectivity index (χ0v) is 10.8. The summed E-state index contributed by atoms with van der Waals surface area (Å²) in [5, 5.41) is 15.8. The summed E-state index contributed by atoms with van der Waals surface area (Å²) >= 11 is 0. The van der Waals surface area contributed by atoms with Crippen LogP contribution in [0.5, 0.6) is 0 Å². The molecule has 0 saturated heterocycles. The average molecular weight is 260 g/mol. The molecule has 2 heteroatoms. The molecule has 0 amide bonds. The van der Waals surface area contributed by atoms with E-state index in [1.807, 2.05) is 24.3 Å². The third-order valence-electron chi connectivity index (χ3n) is 3.97. The van der Waals surface area contributed by atoms with Crippen molar-refractivity contribution in [3.8, 4) is 0 Å². The Balaban J connectivity index is 2.29. The van der Waals surface area contributed by atoms with Gasteiger partial charge in [-0.05, 0) is 32.3 Å². The van der Waals surface area contributed by atoms with Gasteiger partial charge in [0.05, 0.1) is 0 Å². The van der Waals surface area contributed by atoms with Crippen LogP contribution in [0, 0.1) is 0 Å². The number of carbonyl (C=O) groups is 1. The van der Waals surface area contributed by atoms with E-state index in [-0.39, 0.29) is 5.78 Å². The molecule has 96 valence electrons. The lowest BCUT2D eigenvalue weighted by molar-refractivity contribution is 0.0905. The van der Waals surface area contributed by atoms with Crippen molar-refractivity contribution in [3.05, 3.63) is 60.2 Å². The van der Waals surface area contributed by atoms with E-state index in [1.165, 1.54) is 16.2 Å². The number of aliphatic hydroxyl groups excluding tert-OH is 1. The molecule has 0 fully saturated rings. The van der Waals surface area contributed by atoms with Gasteiger partial charge in [0, 0.05) is 5.56 Å². The van der Waals surface area contributed by atoms with Crippen LogP contribution < -0.4 is 0 Å². The molecule has 1 N–H and O–H groups in total. The van der Waals surface area contributed by atoms with Crippen LogP contribution in [0.25, 0.3) is 32.3 Å². The summed E-state index contributed by atoms with van der Waals surface area (Å²) in [6.45, 7) is -0.454. The van der Waals surface area contributed by atoms with Crippen molar-refractivity contribution < 1.29 is 9.90 Å². The summed E-state index contributed by atoms with van der Waals surface area (Å²) in [4.78, 5) is 11.9. The number of carbonyl (C=O) groups excluding carboxylic acids is 1. The number of hydrogen-bond acceptors (Lipinski definition) is 2. The Labute approximate surface area is 115 Å². The lowest BCUT2D eigenvalue weighted by Gasteiger charge is -2.12. The van der Waals surface area contributed by atoms with Crippen LogP contribution in [-0.4, -0.2) is 17.5 Å². The molecule has 2 nitrogen and oxygen atoms in total. The Hall–Kier alpha value is -2.45. The number of rotatable bonds is 2. The number of aliphatic hydroxyl groups is 1. The monoisotopic (exact) mass is 260 g/mol. The molecule has 0 saturated carbocycles. The highest BCUT2D eigenvalue weighted by atomic mass is 16.3. The quantitative estimate of drug-likeness (QED) is 0.440. The minimum Gasteiger partial charge on any atom is -0.388 e. The largest absolute Gasteiger partial charge is 0.388 e. The van der Waals surface area contributed by atoms with Crippen LogP contribution in [0.2, 0.25) is 0 Å². The molecule has 0 radical (unpaired) electrons. The molecular formula is C18H12O2. The van der Waals surface area contributed by atoms with Gasteiger partial charge in [-0.1, -0.05) is 54.6 Å². The predicted molar refractivity (Wildman–Crippen MR) is 81.6 cm³/mol. The minimum absolute atomic E-state index is 0.233. The normalized spacial score (nSPS) is 11.7. The SMILES string of the molecule is O=C(CO)c1ccc2ccc3cccc4ccc1c2c34. The molecule has 0 bridgehead atoms. The second kappa shape index (κ2) is 4.02. The maximum atomic E-state index is 11.9. The highest BCUT2D eigenvalue weighted by Gasteiger charge is 2.13. The van der Waals surface area contributed by atoms with Gasteiger partial charge in [-0.25, -0.2) is 0 Å². The Kier molecular flexibility index (Phi) is 2.29. The van der Waals surface area contributed by atoms with E-state index in [4.69, 9.17) is 5.11 Å². The fraction of sp³-hybridized carbons (Fsp3) is 0.0556. The fourth-order valence-corrected chi connectivity index (χ4v) is 3.06. The van der Waals surface area contributed by atoms with E-state index in [2.05, 4.69) is 24.3 Å². The second-order valence-corrected chi connectivity index (χ2v) is 5.05. The van der Waals surface area contributed by atoms with Gasteiger partial charge < -0.3 is 5.11 Å². The molecule has 0 atom stereocenters. The van der Waals surface area contributed by atoms with Crippen LogP contribution in [-0.2, 0) is 0 Å². The van der Waals surface area contributed by atoms with Crippen LogP contribution in [0.3, 0.4) is 0 Å². The van der Waals surface area contributed by atoms with Gasteiger partial charge in [0.2, 0.25) is 0 Å². The van der Waals surface area contributed by atoms with Gasteiger partial charge in [0.15, 0.2) is 5.78 Å². The van der Waals surface area contributed by atoms with Gasteiger partial charge in [-0.3, -0.25) is 4.79 Å². The van der Waals surface area contributed by atoms with Crippen molar-refractivity contribution in [2.75, 3.05) is 6.61 Å². The second-order valence-electron chi connectivity index (χ2n) is 5.05. The molecular weight excluding hydrogens is 248 g/mol. The van der Waals surface area contributed by atoms with E-state index in [9.17, 15) is 4.79 Å². The summed E-state index contributed by atoms with van der Waals surface area (Å²) in [6.07, 6.45) is 0. The predicted octanol–water partition coefficient (Wildman–Crippen LogP) is 3.76. The third-order valence-corrected chi connectivity index (χ3v) is 3.97. The first kappa shape index (κ1) is 11.4. The molecule has 20 heavy (non-hydrogen) atoms. The highest BCUT2D eigenvalue weighted by Crippen LogP contribution is 2.35. The molecule has 0 unspecified atom stereocenters. The summed E-state index contributed by atoms with van der Waals surface area (Å²) in [5.74, 6) is -0.233. The molecule has 0 spiro atoms. The molecule has 0 heterocycles. The van der Waals surface area contributed by atoms with E-state index < -0.39 is 6.61 Å². The smallest absolute Gasteiger partial charge is 0.188 e. The van der Waals surface area contributed by atoms with Crippen molar-refractivity contribution >= 4 is 38.1 Å². The first-order valence-electron chi connectivity index (χ1n) is 6.60. The van der Waals surface area contributed by atoms with E-state index in [1.54, 1.807) is 6.07 Å². The van der Waals surface area contributed by atoms with E-state index in [0.29, 0.717) is 5.56 Å².